The fourth-order valence-corrected chi connectivity index (χ4v) is 2.49. The molecule has 0 atom stereocenters. The molecule has 0 spiro atoms. The maximum atomic E-state index is 12.1. The third-order valence-electron chi connectivity index (χ3n) is 3.80. The molecule has 1 aliphatic heterocycles. The fourth-order valence-electron chi connectivity index (χ4n) is 2.49. The lowest BCUT2D eigenvalue weighted by Crippen LogP contribution is -2.20. The SMILES string of the molecule is Cn1ccc(C(=O)Nc2ccc(N3CCCC3)nc2)cc1=O. The molecule has 0 aromatic carbocycles. The van der Waals surface area contributed by atoms with Gasteiger partial charge < -0.3 is 14.8 Å². The summed E-state index contributed by atoms with van der Waals surface area (Å²) in [7, 11) is 1.64. The first-order chi connectivity index (χ1) is 10.6. The molecule has 0 radical (unpaired) electrons. The molecule has 0 bridgehead atoms. The van der Waals surface area contributed by atoms with Crippen LogP contribution in [0.2, 0.25) is 0 Å². The molecule has 1 saturated heterocycles. The van der Waals surface area contributed by atoms with Crippen molar-refractivity contribution in [3.05, 3.63) is 52.6 Å². The Morgan fingerprint density at radius 3 is 2.64 bits per heavy atom. The Balaban J connectivity index is 1.70. The Hall–Kier alpha value is -2.63. The molecule has 1 aliphatic rings. The average Bonchev–Trinajstić information content (AvgIpc) is 3.05. The molecular formula is C16H18N4O2. The van der Waals surface area contributed by atoms with Gasteiger partial charge in [0.2, 0.25) is 0 Å². The minimum atomic E-state index is -0.312. The first-order valence-electron chi connectivity index (χ1n) is 7.32. The number of aryl methyl sites for hydroxylation is 1. The number of nitrogens with one attached hydrogen (secondary N) is 1. The Morgan fingerprint density at radius 2 is 2.00 bits per heavy atom. The van der Waals surface area contributed by atoms with E-state index in [9.17, 15) is 9.59 Å². The first-order valence-corrected chi connectivity index (χ1v) is 7.32. The van der Waals surface area contributed by atoms with E-state index in [1.807, 2.05) is 12.1 Å². The van der Waals surface area contributed by atoms with Crippen molar-refractivity contribution < 1.29 is 4.79 Å². The maximum Gasteiger partial charge on any atom is 0.255 e. The lowest BCUT2D eigenvalue weighted by molar-refractivity contribution is 0.102. The van der Waals surface area contributed by atoms with E-state index < -0.39 is 0 Å². The highest BCUT2D eigenvalue weighted by molar-refractivity contribution is 6.04. The number of pyridine rings is 2. The number of hydrogen-bond acceptors (Lipinski definition) is 4. The summed E-state index contributed by atoms with van der Waals surface area (Å²) in [6.45, 7) is 2.07. The molecule has 6 heteroatoms. The lowest BCUT2D eigenvalue weighted by atomic mass is 10.2. The predicted octanol–water partition coefficient (Wildman–Crippen LogP) is 1.63. The summed E-state index contributed by atoms with van der Waals surface area (Å²) in [4.78, 5) is 30.3. The first kappa shape index (κ1) is 14.3. The van der Waals surface area contributed by atoms with E-state index in [0.29, 0.717) is 11.3 Å². The van der Waals surface area contributed by atoms with E-state index in [0.717, 1.165) is 18.9 Å². The molecule has 2 aromatic heterocycles. The van der Waals surface area contributed by atoms with Crippen molar-refractivity contribution in [1.29, 1.82) is 0 Å². The molecule has 0 saturated carbocycles. The average molecular weight is 298 g/mol. The van der Waals surface area contributed by atoms with Gasteiger partial charge >= 0.3 is 0 Å². The Kier molecular flexibility index (Phi) is 3.91. The van der Waals surface area contributed by atoms with Gasteiger partial charge in [0.05, 0.1) is 11.9 Å². The van der Waals surface area contributed by atoms with E-state index in [1.54, 1.807) is 25.5 Å². The van der Waals surface area contributed by atoms with E-state index in [1.165, 1.54) is 23.5 Å². The normalized spacial score (nSPS) is 14.1. The molecule has 22 heavy (non-hydrogen) atoms. The summed E-state index contributed by atoms with van der Waals surface area (Å²) in [5.41, 5.74) is 0.746. The van der Waals surface area contributed by atoms with Crippen molar-refractivity contribution in [2.45, 2.75) is 12.8 Å². The van der Waals surface area contributed by atoms with Gasteiger partial charge in [0.25, 0.3) is 11.5 Å². The highest BCUT2D eigenvalue weighted by atomic mass is 16.2. The molecule has 3 rings (SSSR count). The van der Waals surface area contributed by atoms with Crippen LogP contribution in [-0.4, -0.2) is 28.5 Å². The zero-order valence-electron chi connectivity index (χ0n) is 12.5. The fraction of sp³-hybridized carbons (Fsp3) is 0.312. The van der Waals surface area contributed by atoms with Crippen LogP contribution in [0.4, 0.5) is 11.5 Å². The van der Waals surface area contributed by atoms with Crippen molar-refractivity contribution >= 4 is 17.4 Å². The summed E-state index contributed by atoms with van der Waals surface area (Å²) in [6, 6.07) is 6.68. The van der Waals surface area contributed by atoms with Crippen molar-refractivity contribution in [2.24, 2.45) is 7.05 Å². The smallest absolute Gasteiger partial charge is 0.255 e. The van der Waals surface area contributed by atoms with Crippen LogP contribution in [0.15, 0.2) is 41.5 Å². The number of amides is 1. The largest absolute Gasteiger partial charge is 0.357 e. The minimum Gasteiger partial charge on any atom is -0.357 e. The second kappa shape index (κ2) is 6.01. The highest BCUT2D eigenvalue weighted by Crippen LogP contribution is 2.19. The molecule has 1 amide bonds. The van der Waals surface area contributed by atoms with Crippen molar-refractivity contribution in [2.75, 3.05) is 23.3 Å². The Bertz CT molecular complexity index is 731. The predicted molar refractivity (Wildman–Crippen MR) is 85.3 cm³/mol. The lowest BCUT2D eigenvalue weighted by Gasteiger charge is -2.16. The number of carbonyl (C=O) groups excluding carboxylic acids is 1. The van der Waals surface area contributed by atoms with Crippen LogP contribution in [0.5, 0.6) is 0 Å². The Labute approximate surface area is 128 Å². The van der Waals surface area contributed by atoms with E-state index in [4.69, 9.17) is 0 Å². The zero-order chi connectivity index (χ0) is 15.5. The van der Waals surface area contributed by atoms with E-state index in [2.05, 4.69) is 15.2 Å². The number of anilines is 2. The van der Waals surface area contributed by atoms with Crippen LogP contribution in [-0.2, 0) is 7.05 Å². The number of hydrogen-bond donors (Lipinski definition) is 1. The highest BCUT2D eigenvalue weighted by Gasteiger charge is 2.13. The monoisotopic (exact) mass is 298 g/mol. The summed E-state index contributed by atoms with van der Waals surface area (Å²) in [5, 5.41) is 2.75. The van der Waals surface area contributed by atoms with Gasteiger partial charge in [-0.15, -0.1) is 0 Å². The van der Waals surface area contributed by atoms with Gasteiger partial charge in [0.15, 0.2) is 0 Å². The molecule has 1 N–H and O–H groups in total. The summed E-state index contributed by atoms with van der Waals surface area (Å²) in [6.07, 6.45) is 5.62. The number of aromatic nitrogens is 2. The summed E-state index contributed by atoms with van der Waals surface area (Å²) >= 11 is 0. The zero-order valence-corrected chi connectivity index (χ0v) is 12.5. The standard InChI is InChI=1S/C16H18N4O2/c1-19-9-6-12(10-15(19)21)16(22)18-13-4-5-14(17-11-13)20-7-2-3-8-20/h4-6,9-11H,2-3,7-8H2,1H3,(H,18,22). The van der Waals surface area contributed by atoms with Crippen molar-refractivity contribution in [3.63, 3.8) is 0 Å². The summed E-state index contributed by atoms with van der Waals surface area (Å²) in [5.74, 6) is 0.623. The molecule has 3 heterocycles. The van der Waals surface area contributed by atoms with Gasteiger partial charge in [-0.1, -0.05) is 0 Å². The van der Waals surface area contributed by atoms with Crippen LogP contribution < -0.4 is 15.8 Å². The third kappa shape index (κ3) is 3.00. The molecule has 114 valence electrons. The Morgan fingerprint density at radius 1 is 1.23 bits per heavy atom. The molecule has 0 aliphatic carbocycles. The van der Waals surface area contributed by atoms with Gasteiger partial charge in [-0.2, -0.15) is 0 Å². The van der Waals surface area contributed by atoms with Crippen LogP contribution in [0.25, 0.3) is 0 Å². The quantitative estimate of drug-likeness (QED) is 0.935. The molecule has 6 nitrogen and oxygen atoms in total. The van der Waals surface area contributed by atoms with E-state index >= 15 is 0 Å². The molecule has 0 unspecified atom stereocenters. The minimum absolute atomic E-state index is 0.213. The number of nitrogens with zero attached hydrogens (tertiary/aromatic N) is 3. The second-order valence-electron chi connectivity index (χ2n) is 5.42. The molecule has 1 fully saturated rings. The van der Waals surface area contributed by atoms with Crippen molar-refractivity contribution in [1.82, 2.24) is 9.55 Å². The van der Waals surface area contributed by atoms with Gasteiger partial charge in [-0.3, -0.25) is 9.59 Å². The third-order valence-corrected chi connectivity index (χ3v) is 3.80. The van der Waals surface area contributed by atoms with Crippen LogP contribution in [0.3, 0.4) is 0 Å². The topological polar surface area (TPSA) is 67.2 Å². The second-order valence-corrected chi connectivity index (χ2v) is 5.42. The van der Waals surface area contributed by atoms with Gasteiger partial charge in [-0.25, -0.2) is 4.98 Å². The summed E-state index contributed by atoms with van der Waals surface area (Å²) < 4.78 is 1.42. The number of carbonyl (C=O) groups is 1. The van der Waals surface area contributed by atoms with Crippen molar-refractivity contribution in [3.8, 4) is 0 Å². The van der Waals surface area contributed by atoms with Crippen LogP contribution in [0, 0.1) is 0 Å². The van der Waals surface area contributed by atoms with Crippen LogP contribution in [0.1, 0.15) is 23.2 Å². The van der Waals surface area contributed by atoms with Gasteiger partial charge in [0, 0.05) is 38.0 Å². The van der Waals surface area contributed by atoms with Crippen LogP contribution >= 0.6 is 0 Å². The van der Waals surface area contributed by atoms with Gasteiger partial charge in [0.1, 0.15) is 5.82 Å². The molecule has 2 aromatic rings. The van der Waals surface area contributed by atoms with E-state index in [-0.39, 0.29) is 11.5 Å². The maximum absolute atomic E-state index is 12.1. The molecular weight excluding hydrogens is 280 g/mol. The number of rotatable bonds is 3. The van der Waals surface area contributed by atoms with Gasteiger partial charge in [-0.05, 0) is 31.0 Å².